The summed E-state index contributed by atoms with van der Waals surface area (Å²) in [5.41, 5.74) is 2.17. The van der Waals surface area contributed by atoms with Crippen molar-refractivity contribution in [2.75, 3.05) is 0 Å². The van der Waals surface area contributed by atoms with Crippen LogP contribution in [0.3, 0.4) is 0 Å². The van der Waals surface area contributed by atoms with Gasteiger partial charge in [0.15, 0.2) is 11.3 Å². The minimum absolute atomic E-state index is 0.176. The van der Waals surface area contributed by atoms with Crippen LogP contribution in [0.15, 0.2) is 12.3 Å². The van der Waals surface area contributed by atoms with Gasteiger partial charge in [-0.25, -0.2) is 4.98 Å². The number of hydrogen-bond donors (Lipinski definition) is 0. The molecule has 0 aromatic carbocycles. The molecule has 3 nitrogen and oxygen atoms in total. The van der Waals surface area contributed by atoms with Crippen LogP contribution in [0, 0.1) is 11.8 Å². The summed E-state index contributed by atoms with van der Waals surface area (Å²) < 4.78 is 1.72. The average molecular weight is 268 g/mol. The molecule has 0 saturated heterocycles. The summed E-state index contributed by atoms with van der Waals surface area (Å²) in [6.07, 6.45) is 5.01. The van der Waals surface area contributed by atoms with Gasteiger partial charge in [-0.1, -0.05) is 23.2 Å². The fourth-order valence-electron chi connectivity index (χ4n) is 3.81. The Hall–Kier alpha value is -0.800. The summed E-state index contributed by atoms with van der Waals surface area (Å²) >= 11 is 11.9. The summed E-state index contributed by atoms with van der Waals surface area (Å²) in [7, 11) is 0. The van der Waals surface area contributed by atoms with Gasteiger partial charge in [0, 0.05) is 36.9 Å². The molecular formula is C12H11Cl2N3. The Kier molecular flexibility index (Phi) is 1.77. The van der Waals surface area contributed by atoms with Gasteiger partial charge in [0.05, 0.1) is 5.02 Å². The lowest BCUT2D eigenvalue weighted by Gasteiger charge is -2.37. The number of rotatable bonds is 1. The van der Waals surface area contributed by atoms with Crippen LogP contribution in [0.2, 0.25) is 10.2 Å². The van der Waals surface area contributed by atoms with Gasteiger partial charge >= 0.3 is 0 Å². The van der Waals surface area contributed by atoms with E-state index in [1.54, 1.807) is 10.9 Å². The van der Waals surface area contributed by atoms with E-state index in [0.29, 0.717) is 16.1 Å². The van der Waals surface area contributed by atoms with Gasteiger partial charge in [-0.05, 0) is 12.0 Å². The zero-order chi connectivity index (χ0) is 11.8. The van der Waals surface area contributed by atoms with Gasteiger partial charge in [0.25, 0.3) is 0 Å². The molecule has 1 aromatic rings. The van der Waals surface area contributed by atoms with Crippen molar-refractivity contribution in [3.05, 3.63) is 33.8 Å². The molecular weight excluding hydrogens is 257 g/mol. The van der Waals surface area contributed by atoms with Gasteiger partial charge in [0.2, 0.25) is 0 Å². The first kappa shape index (κ1) is 10.2. The zero-order valence-corrected chi connectivity index (χ0v) is 10.6. The van der Waals surface area contributed by atoms with Crippen molar-refractivity contribution < 1.29 is 4.68 Å². The third kappa shape index (κ3) is 1.05. The molecule has 2 heterocycles. The molecule has 0 amide bonds. The molecule has 0 radical (unpaired) electrons. The van der Waals surface area contributed by atoms with Crippen molar-refractivity contribution in [1.29, 1.82) is 0 Å². The van der Waals surface area contributed by atoms with E-state index in [9.17, 15) is 0 Å². The third-order valence-corrected chi connectivity index (χ3v) is 5.36. The quantitative estimate of drug-likeness (QED) is 0.568. The van der Waals surface area contributed by atoms with Crippen LogP contribution in [-0.2, 0) is 5.54 Å². The van der Waals surface area contributed by atoms with E-state index < -0.39 is 0 Å². The van der Waals surface area contributed by atoms with Gasteiger partial charge in [-0.3, -0.25) is 4.68 Å². The van der Waals surface area contributed by atoms with Crippen LogP contribution in [0.4, 0.5) is 0 Å². The summed E-state index contributed by atoms with van der Waals surface area (Å²) in [4.78, 5) is 4.12. The lowest BCUT2D eigenvalue weighted by atomic mass is 9.73. The topological polar surface area (TPSA) is 39.7 Å². The summed E-state index contributed by atoms with van der Waals surface area (Å²) in [5, 5.41) is 0.828. The molecule has 3 atom stereocenters. The van der Waals surface area contributed by atoms with Crippen LogP contribution in [0.1, 0.15) is 24.8 Å². The van der Waals surface area contributed by atoms with Gasteiger partial charge in [-0.15, -0.1) is 0 Å². The molecule has 88 valence electrons. The summed E-state index contributed by atoms with van der Waals surface area (Å²) in [6.45, 7) is 0. The van der Waals surface area contributed by atoms with Crippen molar-refractivity contribution >= 4 is 28.9 Å². The lowest BCUT2D eigenvalue weighted by molar-refractivity contribution is -0.560. The van der Waals surface area contributed by atoms with Crippen molar-refractivity contribution in [3.63, 3.8) is 0 Å². The highest BCUT2D eigenvalue weighted by molar-refractivity contribution is 6.41. The predicted octanol–water partition coefficient (Wildman–Crippen LogP) is 3.45. The fraction of sp³-hybridized carbons (Fsp3) is 0.500. The lowest BCUT2D eigenvalue weighted by Crippen LogP contribution is -2.44. The number of aromatic nitrogens is 1. The Balaban J connectivity index is 1.88. The average Bonchev–Trinajstić information content (AvgIpc) is 2.69. The van der Waals surface area contributed by atoms with E-state index in [0.717, 1.165) is 30.7 Å². The molecule has 1 N–H and O–H groups in total. The highest BCUT2D eigenvalue weighted by atomic mass is 35.5. The Morgan fingerprint density at radius 2 is 2.24 bits per heavy atom. The van der Waals surface area contributed by atoms with E-state index in [1.807, 2.05) is 6.07 Å². The van der Waals surface area contributed by atoms with E-state index in [4.69, 9.17) is 29.0 Å². The van der Waals surface area contributed by atoms with Gasteiger partial charge in [-0.2, -0.15) is 0 Å². The van der Waals surface area contributed by atoms with Crippen LogP contribution in [0.25, 0.3) is 5.84 Å². The van der Waals surface area contributed by atoms with Crippen LogP contribution >= 0.6 is 23.2 Å². The standard InChI is InChI=1S/C12H11Cl2N3/c13-9-2-7(5-16-11(9)14)12-3-6-1-10(17(12)15)8(6)4-12/h2,5-6,8,15H,1,3-4H2/t6-,8-,12?/m0/s1. The monoisotopic (exact) mass is 267 g/mol. The number of nitrogens with zero attached hydrogens (tertiary/aromatic N) is 2. The summed E-state index contributed by atoms with van der Waals surface area (Å²) in [6, 6.07) is 1.88. The Bertz CT molecular complexity index is 569. The van der Waals surface area contributed by atoms with Crippen LogP contribution in [-0.4, -0.2) is 15.4 Å². The Labute approximate surface area is 109 Å². The molecule has 2 saturated carbocycles. The van der Waals surface area contributed by atoms with Crippen molar-refractivity contribution in [1.82, 2.24) is 4.98 Å². The van der Waals surface area contributed by atoms with Crippen molar-refractivity contribution in [3.8, 4) is 0 Å². The Morgan fingerprint density at radius 3 is 2.82 bits per heavy atom. The highest BCUT2D eigenvalue weighted by Crippen LogP contribution is 2.61. The number of halogens is 2. The molecule has 3 aliphatic rings. The van der Waals surface area contributed by atoms with Gasteiger partial charge < -0.3 is 5.84 Å². The molecule has 1 aromatic heterocycles. The molecule has 4 rings (SSSR count). The second kappa shape index (κ2) is 2.96. The number of fused-ring (bicyclic) bond motifs is 1. The van der Waals surface area contributed by atoms with E-state index >= 15 is 0 Å². The molecule has 2 aliphatic carbocycles. The van der Waals surface area contributed by atoms with E-state index in [2.05, 4.69) is 4.98 Å². The first-order valence-electron chi connectivity index (χ1n) is 5.80. The SMILES string of the molecule is [NH-][N+]1=C2C[C@H]3CC1(c1cnc(Cl)c(Cl)c1)C[C@H]23. The number of nitrogens with one attached hydrogen (secondary N) is 1. The minimum Gasteiger partial charge on any atom is -0.454 e. The second-order valence-corrected chi connectivity index (χ2v) is 6.10. The van der Waals surface area contributed by atoms with E-state index in [1.165, 1.54) is 5.71 Å². The molecule has 0 spiro atoms. The predicted molar refractivity (Wildman–Crippen MR) is 66.4 cm³/mol. The smallest absolute Gasteiger partial charge is 0.185 e. The Morgan fingerprint density at radius 1 is 1.41 bits per heavy atom. The van der Waals surface area contributed by atoms with E-state index in [-0.39, 0.29) is 5.54 Å². The molecule has 17 heavy (non-hydrogen) atoms. The maximum atomic E-state index is 8.27. The molecule has 1 unspecified atom stereocenters. The normalized spacial score (nSPS) is 37.5. The molecule has 2 bridgehead atoms. The zero-order valence-electron chi connectivity index (χ0n) is 9.08. The molecule has 1 aliphatic heterocycles. The van der Waals surface area contributed by atoms with Crippen molar-refractivity contribution in [2.24, 2.45) is 11.8 Å². The molecule has 5 heteroatoms. The van der Waals surface area contributed by atoms with Crippen LogP contribution < -0.4 is 0 Å². The largest absolute Gasteiger partial charge is 0.454 e. The minimum atomic E-state index is -0.176. The summed E-state index contributed by atoms with van der Waals surface area (Å²) in [5.74, 6) is 9.69. The first-order chi connectivity index (χ1) is 8.12. The van der Waals surface area contributed by atoms with Gasteiger partial charge in [0.1, 0.15) is 5.15 Å². The maximum Gasteiger partial charge on any atom is 0.185 e. The number of pyridine rings is 1. The maximum absolute atomic E-state index is 8.27. The fourth-order valence-corrected chi connectivity index (χ4v) is 4.08. The highest BCUT2D eigenvalue weighted by Gasteiger charge is 2.66. The van der Waals surface area contributed by atoms with Crippen molar-refractivity contribution in [2.45, 2.75) is 24.8 Å². The van der Waals surface area contributed by atoms with Crippen LogP contribution in [0.5, 0.6) is 0 Å². The molecule has 2 fully saturated rings. The third-order valence-electron chi connectivity index (χ3n) is 4.67. The second-order valence-electron chi connectivity index (χ2n) is 5.33. The number of hydrogen-bond acceptors (Lipinski definition) is 1. The first-order valence-corrected chi connectivity index (χ1v) is 6.56.